The zero-order valence-corrected chi connectivity index (χ0v) is 13.4. The summed E-state index contributed by atoms with van der Waals surface area (Å²) in [5, 5.41) is 0. The summed E-state index contributed by atoms with van der Waals surface area (Å²) >= 11 is 0. The predicted octanol–water partition coefficient (Wildman–Crippen LogP) is 2.17. The molecule has 1 fully saturated rings. The monoisotopic (exact) mass is 304 g/mol. The first-order valence-corrected chi connectivity index (χ1v) is 7.95. The molecular weight excluding hydrogens is 280 g/mol. The van der Waals surface area contributed by atoms with E-state index in [0.29, 0.717) is 44.8 Å². The molecule has 1 aliphatic heterocycles. The first kappa shape index (κ1) is 16.3. The first-order valence-electron chi connectivity index (χ1n) is 7.95. The minimum atomic E-state index is 0.0191. The molecule has 0 saturated carbocycles. The van der Waals surface area contributed by atoms with Gasteiger partial charge in [-0.2, -0.15) is 0 Å². The van der Waals surface area contributed by atoms with Crippen molar-refractivity contribution >= 4 is 11.8 Å². The third kappa shape index (κ3) is 4.00. The maximum Gasteiger partial charge on any atom is 0.253 e. The molecule has 1 aromatic carbocycles. The van der Waals surface area contributed by atoms with Crippen molar-refractivity contribution in [1.29, 1.82) is 0 Å². The van der Waals surface area contributed by atoms with Gasteiger partial charge in [0.15, 0.2) is 0 Å². The number of hydrogen-bond acceptors (Lipinski definition) is 3. The fraction of sp³-hybridized carbons (Fsp3) is 0.529. The van der Waals surface area contributed by atoms with Crippen LogP contribution in [0.15, 0.2) is 24.3 Å². The largest absolute Gasteiger partial charge is 0.494 e. The minimum Gasteiger partial charge on any atom is -0.494 e. The third-order valence-electron chi connectivity index (χ3n) is 3.80. The average Bonchev–Trinajstić information content (AvgIpc) is 2.59. The Morgan fingerprint density at radius 2 is 1.59 bits per heavy atom. The van der Waals surface area contributed by atoms with E-state index in [1.54, 1.807) is 17.0 Å². The summed E-state index contributed by atoms with van der Waals surface area (Å²) < 4.78 is 5.52. The molecule has 2 amide bonds. The van der Waals surface area contributed by atoms with Crippen LogP contribution in [-0.4, -0.2) is 54.4 Å². The molecule has 5 nitrogen and oxygen atoms in total. The Bertz CT molecular complexity index is 505. The molecule has 1 aromatic rings. The van der Waals surface area contributed by atoms with Gasteiger partial charge >= 0.3 is 0 Å². The van der Waals surface area contributed by atoms with Crippen LogP contribution in [0.3, 0.4) is 0 Å². The molecule has 5 heteroatoms. The number of benzene rings is 1. The number of nitrogens with zero attached hydrogens (tertiary/aromatic N) is 2. The molecule has 1 saturated heterocycles. The highest BCUT2D eigenvalue weighted by molar-refractivity contribution is 5.94. The molecule has 0 spiro atoms. The zero-order chi connectivity index (χ0) is 15.9. The lowest BCUT2D eigenvalue weighted by molar-refractivity contribution is -0.132. The van der Waals surface area contributed by atoms with Crippen LogP contribution >= 0.6 is 0 Å². The van der Waals surface area contributed by atoms with Gasteiger partial charge in [0.25, 0.3) is 5.91 Å². The number of ether oxygens (including phenoxy) is 1. The molecule has 0 N–H and O–H groups in total. The lowest BCUT2D eigenvalue weighted by Crippen LogP contribution is -2.50. The smallest absolute Gasteiger partial charge is 0.253 e. The van der Waals surface area contributed by atoms with Gasteiger partial charge in [0.2, 0.25) is 5.91 Å². The minimum absolute atomic E-state index is 0.0191. The molecule has 0 atom stereocenters. The summed E-state index contributed by atoms with van der Waals surface area (Å²) in [6.07, 6.45) is 1.48. The Morgan fingerprint density at radius 3 is 2.14 bits per heavy atom. The van der Waals surface area contributed by atoms with E-state index in [-0.39, 0.29) is 11.8 Å². The number of carbonyl (C=O) groups is 2. The molecule has 0 bridgehead atoms. The van der Waals surface area contributed by atoms with Gasteiger partial charge in [-0.3, -0.25) is 9.59 Å². The van der Waals surface area contributed by atoms with E-state index in [1.165, 1.54) is 0 Å². The van der Waals surface area contributed by atoms with Crippen molar-refractivity contribution in [3.63, 3.8) is 0 Å². The van der Waals surface area contributed by atoms with E-state index in [2.05, 4.69) is 6.92 Å². The van der Waals surface area contributed by atoms with Gasteiger partial charge in [-0.05, 0) is 30.7 Å². The highest BCUT2D eigenvalue weighted by Crippen LogP contribution is 2.15. The van der Waals surface area contributed by atoms with E-state index in [1.807, 2.05) is 24.0 Å². The van der Waals surface area contributed by atoms with E-state index in [4.69, 9.17) is 4.74 Å². The van der Waals surface area contributed by atoms with Gasteiger partial charge in [-0.1, -0.05) is 13.8 Å². The maximum atomic E-state index is 12.5. The van der Waals surface area contributed by atoms with Crippen molar-refractivity contribution < 1.29 is 14.3 Å². The second-order valence-electron chi connectivity index (χ2n) is 5.40. The molecule has 22 heavy (non-hydrogen) atoms. The van der Waals surface area contributed by atoms with Crippen molar-refractivity contribution in [2.24, 2.45) is 0 Å². The molecule has 120 valence electrons. The standard InChI is InChI=1S/C17H24N2O3/c1-3-13-22-15-7-5-14(6-8-15)17(21)19-11-9-18(10-12-19)16(20)4-2/h5-8H,3-4,9-13H2,1-2H3. The third-order valence-corrected chi connectivity index (χ3v) is 3.80. The predicted molar refractivity (Wildman–Crippen MR) is 85.0 cm³/mol. The van der Waals surface area contributed by atoms with Gasteiger partial charge in [0, 0.05) is 38.2 Å². The van der Waals surface area contributed by atoms with Crippen molar-refractivity contribution in [2.45, 2.75) is 26.7 Å². The number of carbonyl (C=O) groups excluding carboxylic acids is 2. The Morgan fingerprint density at radius 1 is 1.00 bits per heavy atom. The molecule has 0 unspecified atom stereocenters. The molecule has 1 heterocycles. The van der Waals surface area contributed by atoms with Crippen LogP contribution < -0.4 is 4.74 Å². The van der Waals surface area contributed by atoms with Gasteiger partial charge < -0.3 is 14.5 Å². The maximum absolute atomic E-state index is 12.5. The topological polar surface area (TPSA) is 49.9 Å². The van der Waals surface area contributed by atoms with Crippen LogP contribution in [0.2, 0.25) is 0 Å². The van der Waals surface area contributed by atoms with Crippen molar-refractivity contribution in [3.05, 3.63) is 29.8 Å². The SMILES string of the molecule is CCCOc1ccc(C(=O)N2CCN(C(=O)CC)CC2)cc1. The van der Waals surface area contributed by atoms with Crippen LogP contribution in [0.25, 0.3) is 0 Å². The van der Waals surface area contributed by atoms with Crippen LogP contribution in [0.1, 0.15) is 37.0 Å². The zero-order valence-electron chi connectivity index (χ0n) is 13.4. The van der Waals surface area contributed by atoms with Gasteiger partial charge in [-0.15, -0.1) is 0 Å². The van der Waals surface area contributed by atoms with Gasteiger partial charge in [0.05, 0.1) is 6.61 Å². The van der Waals surface area contributed by atoms with E-state index < -0.39 is 0 Å². The second kappa shape index (κ2) is 7.82. The van der Waals surface area contributed by atoms with Crippen LogP contribution in [0.4, 0.5) is 0 Å². The highest BCUT2D eigenvalue weighted by Gasteiger charge is 2.23. The number of rotatable bonds is 5. The Labute approximate surface area is 131 Å². The molecule has 0 aromatic heterocycles. The molecule has 0 aliphatic carbocycles. The van der Waals surface area contributed by atoms with Crippen LogP contribution in [0, 0.1) is 0 Å². The number of hydrogen-bond donors (Lipinski definition) is 0. The average molecular weight is 304 g/mol. The Balaban J connectivity index is 1.91. The van der Waals surface area contributed by atoms with E-state index in [0.717, 1.165) is 12.2 Å². The quantitative estimate of drug-likeness (QED) is 0.837. The number of amides is 2. The summed E-state index contributed by atoms with van der Waals surface area (Å²) in [6.45, 7) is 7.03. The lowest BCUT2D eigenvalue weighted by atomic mass is 10.1. The summed E-state index contributed by atoms with van der Waals surface area (Å²) in [5.74, 6) is 0.965. The van der Waals surface area contributed by atoms with Crippen LogP contribution in [0.5, 0.6) is 5.75 Å². The fourth-order valence-corrected chi connectivity index (χ4v) is 2.48. The van der Waals surface area contributed by atoms with E-state index >= 15 is 0 Å². The normalized spacial score (nSPS) is 14.8. The Hall–Kier alpha value is -2.04. The van der Waals surface area contributed by atoms with E-state index in [9.17, 15) is 9.59 Å². The summed E-state index contributed by atoms with van der Waals surface area (Å²) in [4.78, 5) is 27.7. The first-order chi connectivity index (χ1) is 10.7. The van der Waals surface area contributed by atoms with Crippen molar-refractivity contribution in [1.82, 2.24) is 9.80 Å². The molecular formula is C17H24N2O3. The molecule has 0 radical (unpaired) electrons. The van der Waals surface area contributed by atoms with Crippen molar-refractivity contribution in [2.75, 3.05) is 32.8 Å². The molecule has 2 rings (SSSR count). The summed E-state index contributed by atoms with van der Waals surface area (Å²) in [5.41, 5.74) is 0.666. The number of piperazine rings is 1. The lowest BCUT2D eigenvalue weighted by Gasteiger charge is -2.34. The fourth-order valence-electron chi connectivity index (χ4n) is 2.48. The van der Waals surface area contributed by atoms with Crippen LogP contribution in [-0.2, 0) is 4.79 Å². The molecule has 1 aliphatic rings. The highest BCUT2D eigenvalue weighted by atomic mass is 16.5. The van der Waals surface area contributed by atoms with Crippen molar-refractivity contribution in [3.8, 4) is 5.75 Å². The second-order valence-corrected chi connectivity index (χ2v) is 5.40. The Kier molecular flexibility index (Phi) is 5.81. The van der Waals surface area contributed by atoms with Gasteiger partial charge in [0.1, 0.15) is 5.75 Å². The summed E-state index contributed by atoms with van der Waals surface area (Å²) in [7, 11) is 0. The van der Waals surface area contributed by atoms with Gasteiger partial charge in [-0.25, -0.2) is 0 Å². The summed E-state index contributed by atoms with van der Waals surface area (Å²) in [6, 6.07) is 7.27.